The molecule has 2 aromatic heterocycles. The van der Waals surface area contributed by atoms with Gasteiger partial charge in [0.25, 0.3) is 0 Å². The molecule has 7 heteroatoms. The Balaban J connectivity index is 1.84. The van der Waals surface area contributed by atoms with Gasteiger partial charge in [0, 0.05) is 12.4 Å². The number of rotatable bonds is 4. The quantitative estimate of drug-likeness (QED) is 0.681. The Morgan fingerprint density at radius 1 is 1.42 bits per heavy atom. The number of hydrogen-bond acceptors (Lipinski definition) is 5. The van der Waals surface area contributed by atoms with Gasteiger partial charge < -0.3 is 13.9 Å². The predicted octanol–water partition coefficient (Wildman–Crippen LogP) is 3.22. The van der Waals surface area contributed by atoms with E-state index in [1.165, 1.54) is 13.2 Å². The van der Waals surface area contributed by atoms with Crippen LogP contribution >= 0.6 is 11.6 Å². The second-order valence-electron chi connectivity index (χ2n) is 4.92. The molecule has 0 N–H and O–H groups in total. The number of imidazole rings is 1. The van der Waals surface area contributed by atoms with Gasteiger partial charge in [0.2, 0.25) is 0 Å². The third-order valence-corrected chi connectivity index (χ3v) is 3.67. The average molecular weight is 342 g/mol. The minimum Gasteiger partial charge on any atom is -0.486 e. The fraction of sp³-hybridized carbons (Fsp3) is 0.118. The molecule has 0 saturated carbocycles. The molecule has 0 aliphatic carbocycles. The summed E-state index contributed by atoms with van der Waals surface area (Å²) in [5, 5.41) is 9.19. The summed E-state index contributed by atoms with van der Waals surface area (Å²) >= 11 is 6.08. The van der Waals surface area contributed by atoms with E-state index in [4.69, 9.17) is 26.3 Å². The van der Waals surface area contributed by atoms with Gasteiger partial charge in [0.05, 0.1) is 29.5 Å². The normalized spacial score (nSPS) is 10.4. The molecule has 3 aromatic rings. The monoisotopic (exact) mass is 341 g/mol. The van der Waals surface area contributed by atoms with E-state index in [9.17, 15) is 4.79 Å². The van der Waals surface area contributed by atoms with Crippen LogP contribution < -0.4 is 4.74 Å². The van der Waals surface area contributed by atoms with E-state index in [0.717, 1.165) is 0 Å². The van der Waals surface area contributed by atoms with Crippen LogP contribution in [0.15, 0.2) is 42.7 Å². The first-order valence-electron chi connectivity index (χ1n) is 6.99. The lowest BCUT2D eigenvalue weighted by Crippen LogP contribution is -2.03. The lowest BCUT2D eigenvalue weighted by Gasteiger charge is -2.06. The molecule has 0 saturated heterocycles. The Morgan fingerprint density at radius 3 is 2.96 bits per heavy atom. The molecular weight excluding hydrogens is 330 g/mol. The zero-order chi connectivity index (χ0) is 17.1. The lowest BCUT2D eigenvalue weighted by atomic mass is 10.2. The van der Waals surface area contributed by atoms with Crippen molar-refractivity contribution < 1.29 is 14.3 Å². The van der Waals surface area contributed by atoms with Gasteiger partial charge in [-0.05, 0) is 30.3 Å². The third kappa shape index (κ3) is 3.03. The predicted molar refractivity (Wildman–Crippen MR) is 87.0 cm³/mol. The van der Waals surface area contributed by atoms with Gasteiger partial charge in [-0.15, -0.1) is 0 Å². The highest BCUT2D eigenvalue weighted by molar-refractivity contribution is 6.32. The highest BCUT2D eigenvalue weighted by Gasteiger charge is 2.14. The summed E-state index contributed by atoms with van der Waals surface area (Å²) in [7, 11) is 1.33. The Kier molecular flexibility index (Phi) is 4.36. The summed E-state index contributed by atoms with van der Waals surface area (Å²) in [5.41, 5.74) is 1.96. The Hall–Kier alpha value is -3.04. The van der Waals surface area contributed by atoms with Gasteiger partial charge >= 0.3 is 5.97 Å². The second-order valence-corrected chi connectivity index (χ2v) is 5.33. The van der Waals surface area contributed by atoms with Crippen LogP contribution in [0.2, 0.25) is 5.02 Å². The third-order valence-electron chi connectivity index (χ3n) is 3.37. The van der Waals surface area contributed by atoms with Crippen molar-refractivity contribution in [3.63, 3.8) is 0 Å². The minimum absolute atomic E-state index is 0.175. The van der Waals surface area contributed by atoms with E-state index in [1.54, 1.807) is 41.1 Å². The molecule has 0 amide bonds. The number of esters is 1. The summed E-state index contributed by atoms with van der Waals surface area (Å²) in [5.74, 6) is 0.00900. The first kappa shape index (κ1) is 15.8. The van der Waals surface area contributed by atoms with Crippen LogP contribution in [0.25, 0.3) is 5.65 Å². The van der Waals surface area contributed by atoms with Crippen LogP contribution in [0.4, 0.5) is 0 Å². The van der Waals surface area contributed by atoms with Crippen molar-refractivity contribution >= 4 is 23.2 Å². The number of aromatic nitrogens is 2. The number of halogens is 1. The molecule has 120 valence electrons. The number of hydrogen-bond donors (Lipinski definition) is 0. The summed E-state index contributed by atoms with van der Waals surface area (Å²) in [6, 6.07) is 10.2. The van der Waals surface area contributed by atoms with Crippen molar-refractivity contribution in [1.29, 1.82) is 5.26 Å². The minimum atomic E-state index is -0.450. The van der Waals surface area contributed by atoms with E-state index in [2.05, 4.69) is 4.98 Å². The number of fused-ring (bicyclic) bond motifs is 1. The van der Waals surface area contributed by atoms with Gasteiger partial charge in [-0.25, -0.2) is 9.78 Å². The van der Waals surface area contributed by atoms with Crippen molar-refractivity contribution in [1.82, 2.24) is 9.38 Å². The van der Waals surface area contributed by atoms with Crippen molar-refractivity contribution in [3.8, 4) is 11.8 Å². The zero-order valence-electron chi connectivity index (χ0n) is 12.7. The molecule has 0 aliphatic heterocycles. The molecule has 24 heavy (non-hydrogen) atoms. The molecule has 0 unspecified atom stereocenters. The highest BCUT2D eigenvalue weighted by atomic mass is 35.5. The van der Waals surface area contributed by atoms with Crippen molar-refractivity contribution in [2.45, 2.75) is 6.61 Å². The first-order valence-corrected chi connectivity index (χ1v) is 7.37. The number of nitrogens with zero attached hydrogens (tertiary/aromatic N) is 3. The molecule has 3 rings (SSSR count). The Bertz CT molecular complexity index is 959. The smallest absolute Gasteiger partial charge is 0.341 e. The van der Waals surface area contributed by atoms with Crippen molar-refractivity contribution in [2.24, 2.45) is 0 Å². The molecule has 0 atom stereocenters. The summed E-state index contributed by atoms with van der Waals surface area (Å²) in [4.78, 5) is 16.2. The number of benzene rings is 1. The van der Waals surface area contributed by atoms with Crippen LogP contribution in [-0.2, 0) is 11.3 Å². The van der Waals surface area contributed by atoms with Crippen LogP contribution in [0.5, 0.6) is 5.75 Å². The topological polar surface area (TPSA) is 76.6 Å². The zero-order valence-corrected chi connectivity index (χ0v) is 13.4. The number of pyridine rings is 1. The summed E-state index contributed by atoms with van der Waals surface area (Å²) in [6.07, 6.45) is 3.55. The Labute approximate surface area is 142 Å². The van der Waals surface area contributed by atoms with Gasteiger partial charge in [-0.3, -0.25) is 0 Å². The van der Waals surface area contributed by atoms with E-state index < -0.39 is 5.97 Å². The van der Waals surface area contributed by atoms with E-state index in [-0.39, 0.29) is 6.61 Å². The van der Waals surface area contributed by atoms with E-state index in [0.29, 0.717) is 33.2 Å². The van der Waals surface area contributed by atoms with Gasteiger partial charge in [0.15, 0.2) is 5.65 Å². The SMILES string of the molecule is COC(=O)c1cccn2cc(COc3ccc(C#N)cc3Cl)nc12. The summed E-state index contributed by atoms with van der Waals surface area (Å²) < 4.78 is 12.1. The van der Waals surface area contributed by atoms with Gasteiger partial charge in [-0.1, -0.05) is 11.6 Å². The summed E-state index contributed by atoms with van der Waals surface area (Å²) in [6.45, 7) is 0.175. The molecule has 0 aliphatic rings. The fourth-order valence-corrected chi connectivity index (χ4v) is 2.48. The van der Waals surface area contributed by atoms with Crippen LogP contribution in [-0.4, -0.2) is 22.5 Å². The first-order chi connectivity index (χ1) is 11.6. The molecule has 6 nitrogen and oxygen atoms in total. The van der Waals surface area contributed by atoms with Crippen LogP contribution in [0, 0.1) is 11.3 Å². The number of ether oxygens (including phenoxy) is 2. The average Bonchev–Trinajstić information content (AvgIpc) is 3.02. The molecule has 0 radical (unpaired) electrons. The van der Waals surface area contributed by atoms with Gasteiger partial charge in [-0.2, -0.15) is 5.26 Å². The molecular formula is C17H12ClN3O3. The standard InChI is InChI=1S/C17H12ClN3O3/c1-23-17(22)13-3-2-6-21-9-12(20-16(13)21)10-24-15-5-4-11(8-19)7-14(15)18/h2-7,9H,10H2,1H3. The van der Waals surface area contributed by atoms with Crippen LogP contribution in [0.3, 0.4) is 0 Å². The second kappa shape index (κ2) is 6.60. The lowest BCUT2D eigenvalue weighted by molar-refractivity contribution is 0.0602. The van der Waals surface area contributed by atoms with Crippen molar-refractivity contribution in [2.75, 3.05) is 7.11 Å². The molecule has 0 spiro atoms. The maximum Gasteiger partial charge on any atom is 0.341 e. The molecule has 1 aromatic carbocycles. The van der Waals surface area contributed by atoms with Crippen molar-refractivity contribution in [3.05, 3.63) is 64.6 Å². The van der Waals surface area contributed by atoms with Gasteiger partial charge in [0.1, 0.15) is 17.9 Å². The number of nitriles is 1. The number of carbonyl (C=O) groups is 1. The largest absolute Gasteiger partial charge is 0.486 e. The van der Waals surface area contributed by atoms with E-state index >= 15 is 0 Å². The Morgan fingerprint density at radius 2 is 2.25 bits per heavy atom. The maximum absolute atomic E-state index is 11.8. The van der Waals surface area contributed by atoms with Crippen LogP contribution in [0.1, 0.15) is 21.6 Å². The fourth-order valence-electron chi connectivity index (χ4n) is 2.24. The number of methoxy groups -OCH3 is 1. The highest BCUT2D eigenvalue weighted by Crippen LogP contribution is 2.26. The molecule has 2 heterocycles. The molecule has 0 fully saturated rings. The number of carbonyl (C=O) groups excluding carboxylic acids is 1. The molecule has 0 bridgehead atoms. The van der Waals surface area contributed by atoms with E-state index in [1.807, 2.05) is 6.07 Å². The maximum atomic E-state index is 11.8.